The van der Waals surface area contributed by atoms with Crippen LogP contribution in [-0.4, -0.2) is 50.2 Å². The van der Waals surface area contributed by atoms with Crippen molar-refractivity contribution in [3.63, 3.8) is 0 Å². The second-order valence-corrected chi connectivity index (χ2v) is 8.85. The molecular formula is C20H24N4O7S. The zero-order valence-corrected chi connectivity index (χ0v) is 18.4. The van der Waals surface area contributed by atoms with E-state index in [-0.39, 0.29) is 36.4 Å². The van der Waals surface area contributed by atoms with Gasteiger partial charge >= 0.3 is 0 Å². The van der Waals surface area contributed by atoms with Crippen molar-refractivity contribution in [2.45, 2.75) is 24.2 Å². The van der Waals surface area contributed by atoms with E-state index in [1.54, 1.807) is 31.4 Å². The van der Waals surface area contributed by atoms with Crippen molar-refractivity contribution in [2.75, 3.05) is 20.7 Å². The summed E-state index contributed by atoms with van der Waals surface area (Å²) in [5, 5.41) is 10.7. The zero-order valence-electron chi connectivity index (χ0n) is 17.6. The van der Waals surface area contributed by atoms with E-state index >= 15 is 0 Å². The highest BCUT2D eigenvalue weighted by atomic mass is 32.2. The predicted octanol–water partition coefficient (Wildman–Crippen LogP) is 1.39. The van der Waals surface area contributed by atoms with Gasteiger partial charge in [0.1, 0.15) is 5.75 Å². The minimum atomic E-state index is -3.84. The summed E-state index contributed by atoms with van der Waals surface area (Å²) in [6.45, 7) is 0.0482. The monoisotopic (exact) mass is 464 g/mol. The van der Waals surface area contributed by atoms with Gasteiger partial charge in [-0.05, 0) is 36.2 Å². The highest BCUT2D eigenvalue weighted by Gasteiger charge is 2.21. The van der Waals surface area contributed by atoms with Crippen molar-refractivity contribution in [2.24, 2.45) is 0 Å². The molecule has 0 unspecified atom stereocenters. The normalized spacial score (nSPS) is 11.1. The number of nitrogens with zero attached hydrogens (tertiary/aromatic N) is 2. The first kappa shape index (κ1) is 24.8. The molecule has 2 rings (SSSR count). The minimum Gasteiger partial charge on any atom is -0.497 e. The van der Waals surface area contributed by atoms with Crippen LogP contribution in [0.5, 0.6) is 5.75 Å². The molecule has 2 aromatic carbocycles. The van der Waals surface area contributed by atoms with Gasteiger partial charge in [0.2, 0.25) is 21.8 Å². The van der Waals surface area contributed by atoms with Gasteiger partial charge in [-0.25, -0.2) is 12.7 Å². The van der Waals surface area contributed by atoms with Gasteiger partial charge in [-0.1, -0.05) is 12.1 Å². The number of amides is 2. The lowest BCUT2D eigenvalue weighted by molar-refractivity contribution is -0.384. The molecule has 2 amide bonds. The smallest absolute Gasteiger partial charge is 0.269 e. The first-order valence-corrected chi connectivity index (χ1v) is 11.0. The van der Waals surface area contributed by atoms with E-state index in [0.29, 0.717) is 5.75 Å². The average Bonchev–Trinajstić information content (AvgIpc) is 2.78. The number of benzene rings is 2. The Balaban J connectivity index is 1.75. The Morgan fingerprint density at radius 2 is 1.62 bits per heavy atom. The number of hydrogen-bond donors (Lipinski definition) is 2. The number of ether oxygens (including phenoxy) is 1. The summed E-state index contributed by atoms with van der Waals surface area (Å²) in [4.78, 5) is 33.8. The number of sulfonamides is 1. The summed E-state index contributed by atoms with van der Waals surface area (Å²) in [7, 11) is -0.950. The Morgan fingerprint density at radius 1 is 1.03 bits per heavy atom. The van der Waals surface area contributed by atoms with Crippen LogP contribution in [-0.2, 0) is 26.0 Å². The fourth-order valence-corrected chi connectivity index (χ4v) is 3.89. The van der Waals surface area contributed by atoms with Gasteiger partial charge in [0.25, 0.3) is 5.69 Å². The Bertz CT molecular complexity index is 1050. The number of methoxy groups -OCH3 is 1. The highest BCUT2D eigenvalue weighted by Crippen LogP contribution is 2.19. The van der Waals surface area contributed by atoms with Crippen LogP contribution < -0.4 is 15.6 Å². The molecular weight excluding hydrogens is 440 g/mol. The average molecular weight is 465 g/mol. The molecule has 0 saturated carbocycles. The highest BCUT2D eigenvalue weighted by molar-refractivity contribution is 7.89. The third-order valence-electron chi connectivity index (χ3n) is 4.50. The Labute approximate surface area is 185 Å². The molecule has 12 heteroatoms. The zero-order chi connectivity index (χ0) is 23.7. The number of rotatable bonds is 10. The second kappa shape index (κ2) is 11.2. The Morgan fingerprint density at radius 3 is 2.19 bits per heavy atom. The number of non-ortho nitro benzene ring substituents is 1. The van der Waals surface area contributed by atoms with Crippen molar-refractivity contribution >= 4 is 27.5 Å². The SMILES string of the molecule is COc1ccc(CC(=O)NNC(=O)CCCN(C)S(=O)(=O)c2ccc([N+](=O)[O-])cc2)cc1. The first-order valence-electron chi connectivity index (χ1n) is 9.55. The van der Waals surface area contributed by atoms with E-state index in [2.05, 4.69) is 10.9 Å². The van der Waals surface area contributed by atoms with Gasteiger partial charge in [0, 0.05) is 32.1 Å². The maximum atomic E-state index is 12.5. The first-order chi connectivity index (χ1) is 15.1. The Hall–Kier alpha value is -3.51. The molecule has 0 aliphatic rings. The molecule has 0 aliphatic carbocycles. The molecule has 2 N–H and O–H groups in total. The molecule has 11 nitrogen and oxygen atoms in total. The van der Waals surface area contributed by atoms with Gasteiger partial charge in [0.05, 0.1) is 23.3 Å². The van der Waals surface area contributed by atoms with Crippen LogP contribution in [0.25, 0.3) is 0 Å². The molecule has 0 bridgehead atoms. The van der Waals surface area contributed by atoms with Gasteiger partial charge in [0.15, 0.2) is 0 Å². The molecule has 0 aliphatic heterocycles. The third kappa shape index (κ3) is 7.03. The Kier molecular flexibility index (Phi) is 8.67. The maximum absolute atomic E-state index is 12.5. The summed E-state index contributed by atoms with van der Waals surface area (Å²) in [5.41, 5.74) is 5.14. The number of hydrazine groups is 1. The van der Waals surface area contributed by atoms with Crippen molar-refractivity contribution in [1.82, 2.24) is 15.2 Å². The van der Waals surface area contributed by atoms with Gasteiger partial charge in [-0.15, -0.1) is 0 Å². The summed E-state index contributed by atoms with van der Waals surface area (Å²) >= 11 is 0. The fourth-order valence-electron chi connectivity index (χ4n) is 2.68. The van der Waals surface area contributed by atoms with E-state index in [9.17, 15) is 28.1 Å². The van der Waals surface area contributed by atoms with Gasteiger partial charge < -0.3 is 4.74 Å². The predicted molar refractivity (Wildman–Crippen MR) is 115 cm³/mol. The maximum Gasteiger partial charge on any atom is 0.269 e. The molecule has 0 atom stereocenters. The molecule has 0 aromatic heterocycles. The van der Waals surface area contributed by atoms with E-state index < -0.39 is 26.8 Å². The molecule has 0 heterocycles. The fraction of sp³-hybridized carbons (Fsp3) is 0.300. The van der Waals surface area contributed by atoms with Crippen LogP contribution in [0.15, 0.2) is 53.4 Å². The lowest BCUT2D eigenvalue weighted by Crippen LogP contribution is -2.42. The lowest BCUT2D eigenvalue weighted by Gasteiger charge is -2.17. The molecule has 172 valence electrons. The summed E-state index contributed by atoms with van der Waals surface area (Å²) in [5.74, 6) is -0.196. The molecule has 2 aromatic rings. The molecule has 0 saturated heterocycles. The number of nitrogens with one attached hydrogen (secondary N) is 2. The van der Waals surface area contributed by atoms with Crippen LogP contribution in [0.4, 0.5) is 5.69 Å². The summed E-state index contributed by atoms with van der Waals surface area (Å²) < 4.78 is 31.1. The van der Waals surface area contributed by atoms with Crippen molar-refractivity contribution in [1.29, 1.82) is 0 Å². The lowest BCUT2D eigenvalue weighted by atomic mass is 10.1. The number of hydrogen-bond acceptors (Lipinski definition) is 7. The molecule has 0 fully saturated rings. The third-order valence-corrected chi connectivity index (χ3v) is 6.37. The van der Waals surface area contributed by atoms with Crippen LogP contribution in [0.1, 0.15) is 18.4 Å². The topological polar surface area (TPSA) is 148 Å². The number of nitro benzene ring substituents is 1. The van der Waals surface area contributed by atoms with E-state index in [4.69, 9.17) is 4.74 Å². The summed E-state index contributed by atoms with van der Waals surface area (Å²) in [6.07, 6.45) is 0.270. The standard InChI is InChI=1S/C20H24N4O7S/c1-23(32(29,30)18-11-7-16(8-12-18)24(27)28)13-3-4-19(25)21-22-20(26)14-15-5-9-17(31-2)10-6-15/h5-12H,3-4,13-14H2,1-2H3,(H,21,25)(H,22,26). The number of carbonyl (C=O) groups is 2. The van der Waals surface area contributed by atoms with E-state index in [1.165, 1.54) is 7.05 Å². The van der Waals surface area contributed by atoms with Crippen LogP contribution in [0.2, 0.25) is 0 Å². The number of carbonyl (C=O) groups excluding carboxylic acids is 2. The van der Waals surface area contributed by atoms with E-state index in [0.717, 1.165) is 34.1 Å². The van der Waals surface area contributed by atoms with E-state index in [1.807, 2.05) is 0 Å². The largest absolute Gasteiger partial charge is 0.497 e. The molecule has 0 spiro atoms. The van der Waals surface area contributed by atoms with Crippen LogP contribution in [0, 0.1) is 10.1 Å². The minimum absolute atomic E-state index is 0.0110. The van der Waals surface area contributed by atoms with Crippen molar-refractivity contribution in [3.8, 4) is 5.75 Å². The quantitative estimate of drug-likeness (QED) is 0.399. The van der Waals surface area contributed by atoms with Crippen molar-refractivity contribution < 1.29 is 27.7 Å². The molecule has 32 heavy (non-hydrogen) atoms. The number of nitro groups is 1. The van der Waals surface area contributed by atoms with Crippen LogP contribution in [0.3, 0.4) is 0 Å². The second-order valence-electron chi connectivity index (χ2n) is 6.80. The van der Waals surface area contributed by atoms with Crippen molar-refractivity contribution in [3.05, 3.63) is 64.2 Å². The van der Waals surface area contributed by atoms with Crippen LogP contribution >= 0.6 is 0 Å². The summed E-state index contributed by atoms with van der Waals surface area (Å²) in [6, 6.07) is 11.5. The molecule has 0 radical (unpaired) electrons. The van der Waals surface area contributed by atoms with Gasteiger partial charge in [-0.3, -0.25) is 30.6 Å². The van der Waals surface area contributed by atoms with Gasteiger partial charge in [-0.2, -0.15) is 0 Å².